The number of hydrogen-bond acceptors (Lipinski definition) is 4. The first-order valence-electron chi connectivity index (χ1n) is 8.77. The van der Waals surface area contributed by atoms with Gasteiger partial charge in [-0.2, -0.15) is 13.2 Å². The van der Waals surface area contributed by atoms with Gasteiger partial charge in [-0.25, -0.2) is 0 Å². The Morgan fingerprint density at radius 2 is 1.76 bits per heavy atom. The first kappa shape index (κ1) is 27.3. The molecule has 2 aromatic rings. The van der Waals surface area contributed by atoms with Crippen LogP contribution in [0.4, 0.5) is 13.2 Å². The fourth-order valence-corrected chi connectivity index (χ4v) is 2.91. The van der Waals surface area contributed by atoms with Gasteiger partial charge in [-0.1, -0.05) is 26.0 Å². The number of likely N-dealkylation sites (N-methyl/N-ethyl adjacent to an activating group) is 1. The summed E-state index contributed by atoms with van der Waals surface area (Å²) in [6.45, 7) is 5.77. The average Bonchev–Trinajstić information content (AvgIpc) is 3.13. The molecule has 0 spiro atoms. The molecule has 0 saturated heterocycles. The summed E-state index contributed by atoms with van der Waals surface area (Å²) in [7, 11) is 0. The van der Waals surface area contributed by atoms with E-state index >= 15 is 0 Å². The van der Waals surface area contributed by atoms with Crippen molar-refractivity contribution in [1.29, 1.82) is 0 Å². The van der Waals surface area contributed by atoms with Gasteiger partial charge in [0.15, 0.2) is 0 Å². The standard InChI is InChI=1S/C19H24F3N3O2.2ClH/c1-3-25(4-2)17(13-5-7-15(8-6-13)19(20,21)22)11-24-18(26)14-9-16(10-23)27-12-14;;/h5-9,12,17H,3-4,10-11,23H2,1-2H3,(H,24,26);2*1H. The quantitative estimate of drug-likeness (QED) is 0.617. The lowest BCUT2D eigenvalue weighted by Crippen LogP contribution is -2.38. The number of carbonyl (C=O) groups excluding carboxylic acids is 1. The second-order valence-corrected chi connectivity index (χ2v) is 6.07. The lowest BCUT2D eigenvalue weighted by atomic mass is 10.0. The lowest BCUT2D eigenvalue weighted by molar-refractivity contribution is -0.137. The van der Waals surface area contributed by atoms with Crippen molar-refractivity contribution in [1.82, 2.24) is 10.2 Å². The molecular weight excluding hydrogens is 430 g/mol. The molecule has 0 aliphatic heterocycles. The topological polar surface area (TPSA) is 71.5 Å². The third-order valence-electron chi connectivity index (χ3n) is 4.45. The van der Waals surface area contributed by atoms with Gasteiger partial charge in [0.25, 0.3) is 5.91 Å². The first-order valence-corrected chi connectivity index (χ1v) is 8.77. The van der Waals surface area contributed by atoms with E-state index < -0.39 is 11.7 Å². The summed E-state index contributed by atoms with van der Waals surface area (Å²) < 4.78 is 43.6. The van der Waals surface area contributed by atoms with E-state index in [9.17, 15) is 18.0 Å². The number of furan rings is 1. The van der Waals surface area contributed by atoms with Gasteiger partial charge in [-0.05, 0) is 36.9 Å². The van der Waals surface area contributed by atoms with Crippen LogP contribution in [0.1, 0.15) is 47.1 Å². The van der Waals surface area contributed by atoms with Crippen molar-refractivity contribution in [2.24, 2.45) is 5.73 Å². The molecular formula is C19H26Cl2F3N3O2. The normalized spacial score (nSPS) is 12.1. The number of nitrogens with one attached hydrogen (secondary N) is 1. The highest BCUT2D eigenvalue weighted by molar-refractivity contribution is 5.94. The molecule has 1 aromatic carbocycles. The molecule has 164 valence electrons. The summed E-state index contributed by atoms with van der Waals surface area (Å²) in [5, 5.41) is 2.83. The highest BCUT2D eigenvalue weighted by atomic mass is 35.5. The Labute approximate surface area is 180 Å². The van der Waals surface area contributed by atoms with Gasteiger partial charge in [0, 0.05) is 6.54 Å². The molecule has 0 saturated carbocycles. The van der Waals surface area contributed by atoms with Crippen molar-refractivity contribution in [2.75, 3.05) is 19.6 Å². The Kier molecular flexibility index (Phi) is 11.3. The summed E-state index contributed by atoms with van der Waals surface area (Å²) in [5.74, 6) is 0.186. The van der Waals surface area contributed by atoms with Crippen LogP contribution in [0.25, 0.3) is 0 Å². The molecule has 0 radical (unpaired) electrons. The highest BCUT2D eigenvalue weighted by Crippen LogP contribution is 2.30. The van der Waals surface area contributed by atoms with Crippen LogP contribution in [-0.4, -0.2) is 30.4 Å². The molecule has 1 atom stereocenters. The summed E-state index contributed by atoms with van der Waals surface area (Å²) >= 11 is 0. The smallest absolute Gasteiger partial charge is 0.416 e. The molecule has 5 nitrogen and oxygen atoms in total. The van der Waals surface area contributed by atoms with Crippen molar-refractivity contribution >= 4 is 30.7 Å². The number of amides is 1. The largest absolute Gasteiger partial charge is 0.467 e. The Bertz CT molecular complexity index is 748. The van der Waals surface area contributed by atoms with Gasteiger partial charge < -0.3 is 15.5 Å². The first-order chi connectivity index (χ1) is 12.8. The summed E-state index contributed by atoms with van der Waals surface area (Å²) in [5.41, 5.74) is 5.85. The predicted octanol–water partition coefficient (Wildman–Crippen LogP) is 4.41. The monoisotopic (exact) mass is 455 g/mol. The van der Waals surface area contributed by atoms with Crippen LogP contribution in [-0.2, 0) is 12.7 Å². The maximum Gasteiger partial charge on any atom is 0.416 e. The van der Waals surface area contributed by atoms with Crippen molar-refractivity contribution in [3.05, 3.63) is 59.0 Å². The van der Waals surface area contributed by atoms with Crippen molar-refractivity contribution in [3.63, 3.8) is 0 Å². The van der Waals surface area contributed by atoms with Gasteiger partial charge in [0.05, 0.1) is 23.7 Å². The number of halogens is 5. The minimum absolute atomic E-state index is 0. The maximum atomic E-state index is 12.8. The number of rotatable bonds is 8. The molecule has 0 fully saturated rings. The van der Waals surface area contributed by atoms with Crippen LogP contribution >= 0.6 is 24.8 Å². The fraction of sp³-hybridized carbons (Fsp3) is 0.421. The minimum Gasteiger partial charge on any atom is -0.467 e. The van der Waals surface area contributed by atoms with Crippen LogP contribution in [0.5, 0.6) is 0 Å². The molecule has 0 bridgehead atoms. The number of nitrogens with zero attached hydrogens (tertiary/aromatic N) is 1. The van der Waals surface area contributed by atoms with Crippen LogP contribution in [0.3, 0.4) is 0 Å². The van der Waals surface area contributed by atoms with E-state index in [1.807, 2.05) is 13.8 Å². The third kappa shape index (κ3) is 7.22. The second-order valence-electron chi connectivity index (χ2n) is 6.07. The van der Waals surface area contributed by atoms with E-state index in [0.717, 1.165) is 12.1 Å². The van der Waals surface area contributed by atoms with E-state index in [2.05, 4.69) is 10.2 Å². The number of nitrogens with two attached hydrogens (primary N) is 1. The lowest BCUT2D eigenvalue weighted by Gasteiger charge is -2.30. The van der Waals surface area contributed by atoms with Gasteiger partial charge in [-0.15, -0.1) is 24.8 Å². The number of benzene rings is 1. The number of alkyl halides is 3. The molecule has 1 aromatic heterocycles. The summed E-state index contributed by atoms with van der Waals surface area (Å²) in [6, 6.07) is 6.38. The Morgan fingerprint density at radius 1 is 1.17 bits per heavy atom. The zero-order valence-electron chi connectivity index (χ0n) is 16.2. The predicted molar refractivity (Wildman–Crippen MR) is 111 cm³/mol. The van der Waals surface area contributed by atoms with Gasteiger partial charge in [0.1, 0.15) is 12.0 Å². The zero-order valence-corrected chi connectivity index (χ0v) is 17.8. The summed E-state index contributed by atoms with van der Waals surface area (Å²) in [6.07, 6.45) is -3.04. The zero-order chi connectivity index (χ0) is 20.0. The van der Waals surface area contributed by atoms with E-state index in [-0.39, 0.29) is 49.9 Å². The molecule has 0 aliphatic rings. The maximum absolute atomic E-state index is 12.8. The van der Waals surface area contributed by atoms with Crippen LogP contribution < -0.4 is 11.1 Å². The average molecular weight is 456 g/mol. The van der Waals surface area contributed by atoms with Crippen LogP contribution in [0.2, 0.25) is 0 Å². The molecule has 1 unspecified atom stereocenters. The molecule has 1 amide bonds. The van der Waals surface area contributed by atoms with E-state index in [1.165, 1.54) is 18.4 Å². The minimum atomic E-state index is -4.38. The van der Waals surface area contributed by atoms with E-state index in [1.54, 1.807) is 6.07 Å². The molecule has 10 heteroatoms. The van der Waals surface area contributed by atoms with Gasteiger partial charge in [0.2, 0.25) is 0 Å². The SMILES string of the molecule is CCN(CC)C(CNC(=O)c1coc(CN)c1)c1ccc(C(F)(F)F)cc1.Cl.Cl. The van der Waals surface area contributed by atoms with Gasteiger partial charge >= 0.3 is 6.18 Å². The van der Waals surface area contributed by atoms with Crippen molar-refractivity contribution in [3.8, 4) is 0 Å². The van der Waals surface area contributed by atoms with E-state index in [0.29, 0.717) is 30.0 Å². The second kappa shape index (κ2) is 12.1. The third-order valence-corrected chi connectivity index (χ3v) is 4.45. The molecule has 3 N–H and O–H groups in total. The van der Waals surface area contributed by atoms with Crippen LogP contribution in [0, 0.1) is 0 Å². The molecule has 2 rings (SSSR count). The molecule has 29 heavy (non-hydrogen) atoms. The Morgan fingerprint density at radius 3 is 2.21 bits per heavy atom. The Hall–Kier alpha value is -1.74. The number of hydrogen-bond donors (Lipinski definition) is 2. The van der Waals surface area contributed by atoms with Crippen molar-refractivity contribution in [2.45, 2.75) is 32.6 Å². The highest BCUT2D eigenvalue weighted by Gasteiger charge is 2.30. The molecule has 1 heterocycles. The van der Waals surface area contributed by atoms with Gasteiger partial charge in [-0.3, -0.25) is 9.69 Å². The number of carbonyl (C=O) groups is 1. The van der Waals surface area contributed by atoms with E-state index in [4.69, 9.17) is 10.2 Å². The summed E-state index contributed by atoms with van der Waals surface area (Å²) in [4.78, 5) is 14.4. The molecule has 0 aliphatic carbocycles. The van der Waals surface area contributed by atoms with Crippen molar-refractivity contribution < 1.29 is 22.4 Å². The Balaban J connectivity index is 0.00000392. The van der Waals surface area contributed by atoms with Crippen LogP contribution in [0.15, 0.2) is 41.0 Å². The fourth-order valence-electron chi connectivity index (χ4n) is 2.91.